The first-order valence-electron chi connectivity index (χ1n) is 17.1. The van der Waals surface area contributed by atoms with Gasteiger partial charge in [0.25, 0.3) is 0 Å². The topological polar surface area (TPSA) is 63.6 Å². The zero-order chi connectivity index (χ0) is 28.7. The van der Waals surface area contributed by atoms with E-state index in [1.807, 2.05) is 0 Å². The molecule has 0 aliphatic carbocycles. The molecule has 230 valence electrons. The summed E-state index contributed by atoms with van der Waals surface area (Å²) in [4.78, 5) is 23.6. The smallest absolute Gasteiger partial charge is 0.309 e. The van der Waals surface area contributed by atoms with Crippen molar-refractivity contribution in [3.05, 3.63) is 12.2 Å². The minimum atomic E-state index is -0.841. The van der Waals surface area contributed by atoms with E-state index in [4.69, 9.17) is 4.74 Å². The van der Waals surface area contributed by atoms with Crippen molar-refractivity contribution in [1.29, 1.82) is 0 Å². The van der Waals surface area contributed by atoms with Crippen molar-refractivity contribution in [1.82, 2.24) is 0 Å². The molecule has 0 aromatic carbocycles. The predicted octanol–water partition coefficient (Wildman–Crippen LogP) is 11.4. The molecule has 0 aromatic heterocycles. The van der Waals surface area contributed by atoms with Crippen LogP contribution in [0.15, 0.2) is 12.2 Å². The average Bonchev–Trinajstić information content (AvgIpc) is 2.92. The Balaban J connectivity index is 3.57. The number of esters is 1. The highest BCUT2D eigenvalue weighted by molar-refractivity contribution is 5.72. The molecule has 4 nitrogen and oxygen atoms in total. The average molecular weight is 551 g/mol. The quantitative estimate of drug-likeness (QED) is 0.0529. The highest BCUT2D eigenvalue weighted by atomic mass is 16.5. The van der Waals surface area contributed by atoms with E-state index in [-0.39, 0.29) is 12.6 Å². The molecule has 1 atom stereocenters. The Kier molecular flexibility index (Phi) is 30.2. The molecular weight excluding hydrogens is 484 g/mol. The van der Waals surface area contributed by atoms with Gasteiger partial charge in [0.15, 0.2) is 0 Å². The minimum absolute atomic E-state index is 0.0251. The van der Waals surface area contributed by atoms with E-state index < -0.39 is 11.9 Å². The summed E-state index contributed by atoms with van der Waals surface area (Å²) >= 11 is 0. The lowest BCUT2D eigenvalue weighted by atomic mass is 10.0. The second-order valence-electron chi connectivity index (χ2n) is 11.7. The first-order valence-corrected chi connectivity index (χ1v) is 17.1. The van der Waals surface area contributed by atoms with Crippen LogP contribution in [0.25, 0.3) is 0 Å². The number of ether oxygens (including phenoxy) is 1. The Labute approximate surface area is 243 Å². The summed E-state index contributed by atoms with van der Waals surface area (Å²) in [5.41, 5.74) is 0. The lowest BCUT2D eigenvalue weighted by Crippen LogP contribution is -2.22. The lowest BCUT2D eigenvalue weighted by Gasteiger charge is -2.13. The molecule has 4 heteroatoms. The van der Waals surface area contributed by atoms with Crippen LogP contribution >= 0.6 is 0 Å². The van der Waals surface area contributed by atoms with Gasteiger partial charge < -0.3 is 9.84 Å². The first-order chi connectivity index (χ1) is 19.1. The molecule has 0 aliphatic heterocycles. The maximum absolute atomic E-state index is 12.1. The molecule has 0 amide bonds. The Morgan fingerprint density at radius 3 is 1.38 bits per heavy atom. The van der Waals surface area contributed by atoms with E-state index in [1.54, 1.807) is 0 Å². The van der Waals surface area contributed by atoms with Crippen molar-refractivity contribution in [2.45, 2.75) is 187 Å². The molecule has 39 heavy (non-hydrogen) atoms. The molecule has 0 saturated carbocycles. The highest BCUT2D eigenvalue weighted by Crippen LogP contribution is 2.16. The van der Waals surface area contributed by atoms with Crippen LogP contribution in [0.3, 0.4) is 0 Å². The van der Waals surface area contributed by atoms with Crippen LogP contribution < -0.4 is 0 Å². The maximum Gasteiger partial charge on any atom is 0.309 e. The summed E-state index contributed by atoms with van der Waals surface area (Å²) in [7, 11) is 0. The zero-order valence-corrected chi connectivity index (χ0v) is 26.2. The van der Waals surface area contributed by atoms with E-state index in [9.17, 15) is 14.7 Å². The van der Waals surface area contributed by atoms with Crippen molar-refractivity contribution in [3.63, 3.8) is 0 Å². The standard InChI is InChI=1S/C35H66O4/c1-3-5-7-9-11-13-15-17-18-19-21-23-25-27-29-31-34(36)39-32-33(35(37)38)30-28-26-24-22-20-16-14-12-10-8-6-4-2/h17-18,33H,3-16,19-32H2,1-2H3,(H,37,38)/b18-17-. The number of carbonyl (C=O) groups excluding carboxylic acids is 1. The number of unbranched alkanes of at least 4 members (excludes halogenated alkanes) is 22. The van der Waals surface area contributed by atoms with E-state index in [0.29, 0.717) is 12.8 Å². The number of carboxylic acids is 1. The number of aliphatic carboxylic acids is 1. The van der Waals surface area contributed by atoms with Crippen LogP contribution in [-0.4, -0.2) is 23.7 Å². The summed E-state index contributed by atoms with van der Waals surface area (Å²) < 4.78 is 5.31. The van der Waals surface area contributed by atoms with Crippen LogP contribution in [0.2, 0.25) is 0 Å². The highest BCUT2D eigenvalue weighted by Gasteiger charge is 2.19. The van der Waals surface area contributed by atoms with Gasteiger partial charge in [-0.3, -0.25) is 9.59 Å². The number of carbonyl (C=O) groups is 2. The van der Waals surface area contributed by atoms with Crippen LogP contribution in [0.4, 0.5) is 0 Å². The predicted molar refractivity (Wildman–Crippen MR) is 167 cm³/mol. The summed E-state index contributed by atoms with van der Waals surface area (Å²) in [6, 6.07) is 0. The number of hydrogen-bond donors (Lipinski definition) is 1. The van der Waals surface area contributed by atoms with E-state index in [0.717, 1.165) is 38.5 Å². The molecule has 0 bridgehead atoms. The normalized spacial score (nSPS) is 12.3. The fraction of sp³-hybridized carbons (Fsp3) is 0.886. The number of carboxylic acid groups (broad SMARTS) is 1. The van der Waals surface area contributed by atoms with Gasteiger partial charge in [0.05, 0.1) is 5.92 Å². The van der Waals surface area contributed by atoms with E-state index in [1.165, 1.54) is 122 Å². The molecule has 0 aromatic rings. The third-order valence-electron chi connectivity index (χ3n) is 7.84. The third kappa shape index (κ3) is 29.5. The number of rotatable bonds is 31. The molecule has 0 radical (unpaired) electrons. The third-order valence-corrected chi connectivity index (χ3v) is 7.84. The molecule has 0 spiro atoms. The molecule has 0 saturated heterocycles. The van der Waals surface area contributed by atoms with Gasteiger partial charge in [-0.1, -0.05) is 154 Å². The number of allylic oxidation sites excluding steroid dienone is 2. The van der Waals surface area contributed by atoms with Gasteiger partial charge in [0.1, 0.15) is 6.61 Å². The molecule has 1 unspecified atom stereocenters. The van der Waals surface area contributed by atoms with Gasteiger partial charge >= 0.3 is 11.9 Å². The molecule has 1 N–H and O–H groups in total. The Morgan fingerprint density at radius 2 is 0.949 bits per heavy atom. The fourth-order valence-corrected chi connectivity index (χ4v) is 5.12. The Bertz CT molecular complexity index is 557. The van der Waals surface area contributed by atoms with Crippen molar-refractivity contribution in [3.8, 4) is 0 Å². The maximum atomic E-state index is 12.1. The molecular formula is C35H66O4. The SMILES string of the molecule is CCCCCCCC/C=C\CCCCCCCC(=O)OCC(CCCCCCCCCCCCCC)C(=O)O. The Hall–Kier alpha value is -1.32. The van der Waals surface area contributed by atoms with Crippen molar-refractivity contribution >= 4 is 11.9 Å². The second-order valence-corrected chi connectivity index (χ2v) is 11.7. The van der Waals surface area contributed by atoms with Crippen LogP contribution in [0.1, 0.15) is 187 Å². The van der Waals surface area contributed by atoms with Gasteiger partial charge in [-0.25, -0.2) is 0 Å². The Morgan fingerprint density at radius 1 is 0.564 bits per heavy atom. The largest absolute Gasteiger partial charge is 0.481 e. The lowest BCUT2D eigenvalue weighted by molar-refractivity contribution is -0.151. The minimum Gasteiger partial charge on any atom is -0.481 e. The van der Waals surface area contributed by atoms with Crippen LogP contribution in [0.5, 0.6) is 0 Å². The number of hydrogen-bond acceptors (Lipinski definition) is 3. The van der Waals surface area contributed by atoms with E-state index in [2.05, 4.69) is 26.0 Å². The molecule has 0 fully saturated rings. The van der Waals surface area contributed by atoms with Crippen LogP contribution in [-0.2, 0) is 14.3 Å². The van der Waals surface area contributed by atoms with Gasteiger partial charge in [0.2, 0.25) is 0 Å². The first kappa shape index (κ1) is 37.7. The summed E-state index contributed by atoms with van der Waals surface area (Å²) in [6.07, 6.45) is 36.9. The molecule has 0 aliphatic rings. The fourth-order valence-electron chi connectivity index (χ4n) is 5.12. The summed E-state index contributed by atoms with van der Waals surface area (Å²) in [6.45, 7) is 4.54. The van der Waals surface area contributed by atoms with Crippen molar-refractivity contribution in [2.24, 2.45) is 5.92 Å². The monoisotopic (exact) mass is 550 g/mol. The second kappa shape index (κ2) is 31.2. The molecule has 0 rings (SSSR count). The van der Waals surface area contributed by atoms with Crippen molar-refractivity contribution in [2.75, 3.05) is 6.61 Å². The van der Waals surface area contributed by atoms with Gasteiger partial charge in [-0.15, -0.1) is 0 Å². The van der Waals surface area contributed by atoms with Crippen molar-refractivity contribution < 1.29 is 19.4 Å². The van der Waals surface area contributed by atoms with E-state index >= 15 is 0 Å². The molecule has 0 heterocycles. The van der Waals surface area contributed by atoms with Crippen LogP contribution in [0, 0.1) is 5.92 Å². The summed E-state index contributed by atoms with van der Waals surface area (Å²) in [5.74, 6) is -1.65. The van der Waals surface area contributed by atoms with Gasteiger partial charge in [0, 0.05) is 6.42 Å². The summed E-state index contributed by atoms with van der Waals surface area (Å²) in [5, 5.41) is 9.48. The zero-order valence-electron chi connectivity index (χ0n) is 26.2. The van der Waals surface area contributed by atoms with Gasteiger partial charge in [-0.2, -0.15) is 0 Å². The van der Waals surface area contributed by atoms with Gasteiger partial charge in [-0.05, 0) is 38.5 Å².